The van der Waals surface area contributed by atoms with Gasteiger partial charge >= 0.3 is 0 Å². The van der Waals surface area contributed by atoms with Crippen LogP contribution in [0.15, 0.2) is 10.9 Å². The molecule has 0 saturated heterocycles. The van der Waals surface area contributed by atoms with Gasteiger partial charge in [0.15, 0.2) is 0 Å². The van der Waals surface area contributed by atoms with E-state index in [2.05, 4.69) is 15.7 Å². The fourth-order valence-corrected chi connectivity index (χ4v) is 2.63. The van der Waals surface area contributed by atoms with E-state index < -0.39 is 0 Å². The summed E-state index contributed by atoms with van der Waals surface area (Å²) in [5.41, 5.74) is 3.00. The van der Waals surface area contributed by atoms with Gasteiger partial charge in [0.25, 0.3) is 0 Å². The zero-order valence-electron chi connectivity index (χ0n) is 9.65. The number of hydrogen-bond donors (Lipinski definition) is 1. The minimum atomic E-state index is 0.523. The van der Waals surface area contributed by atoms with Crippen LogP contribution in [-0.2, 0) is 11.3 Å². The van der Waals surface area contributed by atoms with Gasteiger partial charge in [0, 0.05) is 18.5 Å². The van der Waals surface area contributed by atoms with Gasteiger partial charge in [-0.15, -0.1) is 11.3 Å². The normalized spacial score (nSPS) is 17.8. The minimum absolute atomic E-state index is 0.523. The van der Waals surface area contributed by atoms with Crippen molar-refractivity contribution in [2.45, 2.75) is 44.8 Å². The Balaban J connectivity index is 1.48. The number of nitrogens with one attached hydrogen (secondary N) is 1. The lowest BCUT2D eigenvalue weighted by Gasteiger charge is -2.21. The lowest BCUT2D eigenvalue weighted by molar-refractivity contribution is 0.0302. The van der Waals surface area contributed by atoms with Gasteiger partial charge in [0.2, 0.25) is 0 Å². The average molecular weight is 240 g/mol. The summed E-state index contributed by atoms with van der Waals surface area (Å²) >= 11 is 1.64. The first kappa shape index (κ1) is 12.0. The van der Waals surface area contributed by atoms with E-state index in [0.29, 0.717) is 6.10 Å². The molecule has 0 unspecified atom stereocenters. The Bertz CT molecular complexity index is 271. The zero-order chi connectivity index (χ0) is 11.1. The van der Waals surface area contributed by atoms with Crippen LogP contribution >= 0.6 is 11.3 Å². The van der Waals surface area contributed by atoms with Crippen LogP contribution in [-0.4, -0.2) is 24.2 Å². The summed E-state index contributed by atoms with van der Waals surface area (Å²) in [7, 11) is 0. The molecule has 0 spiro atoms. The number of aromatic nitrogens is 1. The molecule has 1 aromatic heterocycles. The predicted molar refractivity (Wildman–Crippen MR) is 66.6 cm³/mol. The van der Waals surface area contributed by atoms with E-state index in [1.807, 2.05) is 5.51 Å². The molecular formula is C12H20N2OS. The number of rotatable bonds is 6. The number of thiazole rings is 1. The van der Waals surface area contributed by atoms with Crippen molar-refractivity contribution in [1.82, 2.24) is 10.3 Å². The van der Waals surface area contributed by atoms with Crippen molar-refractivity contribution in [2.75, 3.05) is 13.2 Å². The lowest BCUT2D eigenvalue weighted by atomic mass is 9.98. The molecular weight excluding hydrogens is 220 g/mol. The smallest absolute Gasteiger partial charge is 0.0795 e. The van der Waals surface area contributed by atoms with E-state index in [1.54, 1.807) is 11.3 Å². The molecule has 0 radical (unpaired) electrons. The van der Waals surface area contributed by atoms with Gasteiger partial charge in [-0.05, 0) is 12.8 Å². The van der Waals surface area contributed by atoms with Gasteiger partial charge in [-0.1, -0.05) is 19.3 Å². The monoisotopic (exact) mass is 240 g/mol. The highest BCUT2D eigenvalue weighted by Crippen LogP contribution is 2.19. The molecule has 3 nitrogen and oxygen atoms in total. The minimum Gasteiger partial charge on any atom is -0.377 e. The van der Waals surface area contributed by atoms with E-state index >= 15 is 0 Å². The van der Waals surface area contributed by atoms with E-state index in [-0.39, 0.29) is 0 Å². The average Bonchev–Trinajstić information content (AvgIpc) is 2.83. The molecule has 1 N–H and O–H groups in total. The van der Waals surface area contributed by atoms with Gasteiger partial charge in [0.1, 0.15) is 0 Å². The summed E-state index contributed by atoms with van der Waals surface area (Å²) in [4.78, 5) is 4.22. The molecule has 0 aromatic carbocycles. The number of hydrogen-bond acceptors (Lipinski definition) is 4. The summed E-state index contributed by atoms with van der Waals surface area (Å²) in [5, 5.41) is 5.42. The number of ether oxygens (including phenoxy) is 1. The predicted octanol–water partition coefficient (Wildman–Crippen LogP) is 2.58. The number of nitrogens with zero attached hydrogens (tertiary/aromatic N) is 1. The van der Waals surface area contributed by atoms with Crippen LogP contribution < -0.4 is 5.32 Å². The Morgan fingerprint density at radius 1 is 1.38 bits per heavy atom. The fraction of sp³-hybridized carbons (Fsp3) is 0.750. The van der Waals surface area contributed by atoms with Gasteiger partial charge < -0.3 is 10.1 Å². The van der Waals surface area contributed by atoms with Crippen molar-refractivity contribution in [3.8, 4) is 0 Å². The van der Waals surface area contributed by atoms with Crippen molar-refractivity contribution < 1.29 is 4.74 Å². The second-order valence-corrected chi connectivity index (χ2v) is 5.01. The Morgan fingerprint density at radius 3 is 3.00 bits per heavy atom. The highest BCUT2D eigenvalue weighted by Gasteiger charge is 2.12. The largest absolute Gasteiger partial charge is 0.377 e. The Kier molecular flexibility index (Phi) is 5.25. The quantitative estimate of drug-likeness (QED) is 0.776. The molecule has 1 aliphatic rings. The van der Waals surface area contributed by atoms with E-state index in [9.17, 15) is 0 Å². The van der Waals surface area contributed by atoms with Gasteiger partial charge in [-0.2, -0.15) is 0 Å². The second-order valence-electron chi connectivity index (χ2n) is 4.29. The van der Waals surface area contributed by atoms with Crippen molar-refractivity contribution in [3.05, 3.63) is 16.6 Å². The van der Waals surface area contributed by atoms with Gasteiger partial charge in [0.05, 0.1) is 23.9 Å². The van der Waals surface area contributed by atoms with Crippen molar-refractivity contribution >= 4 is 11.3 Å². The first-order chi connectivity index (χ1) is 7.95. The summed E-state index contributed by atoms with van der Waals surface area (Å²) in [6.45, 7) is 2.61. The van der Waals surface area contributed by atoms with Crippen molar-refractivity contribution in [2.24, 2.45) is 0 Å². The van der Waals surface area contributed by atoms with Crippen molar-refractivity contribution in [1.29, 1.82) is 0 Å². The summed E-state index contributed by atoms with van der Waals surface area (Å²) in [6.07, 6.45) is 7.11. The Labute approximate surface area is 101 Å². The molecule has 1 saturated carbocycles. The van der Waals surface area contributed by atoms with Crippen LogP contribution in [0.2, 0.25) is 0 Å². The molecule has 4 heteroatoms. The Hall–Kier alpha value is -0.450. The van der Waals surface area contributed by atoms with E-state index in [4.69, 9.17) is 4.74 Å². The summed E-state index contributed by atoms with van der Waals surface area (Å²) in [5.74, 6) is 0. The molecule has 2 rings (SSSR count). The van der Waals surface area contributed by atoms with Crippen LogP contribution in [0.3, 0.4) is 0 Å². The van der Waals surface area contributed by atoms with Crippen LogP contribution in [0.4, 0.5) is 0 Å². The maximum absolute atomic E-state index is 5.82. The summed E-state index contributed by atoms with van der Waals surface area (Å²) < 4.78 is 5.82. The molecule has 1 aliphatic carbocycles. The third kappa shape index (κ3) is 4.20. The molecule has 0 bridgehead atoms. The first-order valence-corrected chi connectivity index (χ1v) is 7.09. The zero-order valence-corrected chi connectivity index (χ0v) is 10.5. The SMILES string of the molecule is c1nc(CNCCOC2CCCCC2)cs1. The molecule has 1 fully saturated rings. The molecule has 90 valence electrons. The van der Waals surface area contributed by atoms with Crippen LogP contribution in [0.1, 0.15) is 37.8 Å². The first-order valence-electron chi connectivity index (χ1n) is 6.14. The van der Waals surface area contributed by atoms with Crippen LogP contribution in [0.5, 0.6) is 0 Å². The second kappa shape index (κ2) is 6.99. The highest BCUT2D eigenvalue weighted by molar-refractivity contribution is 7.07. The maximum Gasteiger partial charge on any atom is 0.0795 e. The molecule has 0 amide bonds. The van der Waals surface area contributed by atoms with Gasteiger partial charge in [-0.3, -0.25) is 0 Å². The standard InChI is InChI=1S/C12H20N2OS/c1-2-4-12(5-3-1)15-7-6-13-8-11-9-16-10-14-11/h9-10,12-13H,1-8H2. The molecule has 1 heterocycles. The maximum atomic E-state index is 5.82. The molecule has 16 heavy (non-hydrogen) atoms. The molecule has 0 aliphatic heterocycles. The highest BCUT2D eigenvalue weighted by atomic mass is 32.1. The summed E-state index contributed by atoms with van der Waals surface area (Å²) in [6, 6.07) is 0. The van der Waals surface area contributed by atoms with Crippen LogP contribution in [0.25, 0.3) is 0 Å². The van der Waals surface area contributed by atoms with Gasteiger partial charge in [-0.25, -0.2) is 4.98 Å². The van der Waals surface area contributed by atoms with E-state index in [0.717, 1.165) is 25.4 Å². The topological polar surface area (TPSA) is 34.2 Å². The fourth-order valence-electron chi connectivity index (χ4n) is 2.07. The van der Waals surface area contributed by atoms with E-state index in [1.165, 1.54) is 32.1 Å². The molecule has 1 aromatic rings. The van der Waals surface area contributed by atoms with Crippen molar-refractivity contribution in [3.63, 3.8) is 0 Å². The third-order valence-electron chi connectivity index (χ3n) is 2.97. The lowest BCUT2D eigenvalue weighted by Crippen LogP contribution is -2.24. The third-order valence-corrected chi connectivity index (χ3v) is 3.61. The molecule has 0 atom stereocenters. The Morgan fingerprint density at radius 2 is 2.25 bits per heavy atom. The van der Waals surface area contributed by atoms with Crippen LogP contribution in [0, 0.1) is 0 Å².